The molecule has 2 fully saturated rings. The van der Waals surface area contributed by atoms with Crippen LogP contribution in [0, 0.1) is 5.82 Å². The van der Waals surface area contributed by atoms with E-state index in [0.717, 1.165) is 48.2 Å². The predicted octanol–water partition coefficient (Wildman–Crippen LogP) is 5.27. The number of carbonyl (C=O) groups is 1. The maximum absolute atomic E-state index is 13.5. The van der Waals surface area contributed by atoms with Crippen molar-refractivity contribution in [1.29, 1.82) is 0 Å². The fourth-order valence-corrected chi connectivity index (χ4v) is 5.16. The number of fused-ring (bicyclic) bond motifs is 2. The van der Waals surface area contributed by atoms with Crippen molar-refractivity contribution in [2.45, 2.75) is 37.5 Å². The number of ether oxygens (including phenoxy) is 1. The number of carbonyl (C=O) groups excluding carboxylic acids is 1. The molecular weight excluding hydrogens is 428 g/mol. The standard InChI is InChI=1S/C22H23ClFN3O2.ClH/c23-17-11-15(5-6-18(17)24)26-21-20-14-3-1-13(2-4-14)19(20)16(12-25-21)22(28)27-7-9-29-10-8-27;/h5-6,11-14H,1-4,7-10H2,(H,25,26);1H. The highest BCUT2D eigenvalue weighted by atomic mass is 35.5. The highest BCUT2D eigenvalue weighted by molar-refractivity contribution is 6.31. The Morgan fingerprint density at radius 3 is 2.47 bits per heavy atom. The average molecular weight is 452 g/mol. The van der Waals surface area contributed by atoms with Gasteiger partial charge in [-0.3, -0.25) is 4.79 Å². The molecule has 0 unspecified atom stereocenters. The molecule has 0 spiro atoms. The van der Waals surface area contributed by atoms with Crippen molar-refractivity contribution in [1.82, 2.24) is 9.88 Å². The number of nitrogens with zero attached hydrogens (tertiary/aromatic N) is 2. The summed E-state index contributed by atoms with van der Waals surface area (Å²) >= 11 is 5.94. The van der Waals surface area contributed by atoms with Crippen LogP contribution in [-0.4, -0.2) is 42.1 Å². The van der Waals surface area contributed by atoms with Gasteiger partial charge in [0, 0.05) is 30.5 Å². The number of benzene rings is 1. The van der Waals surface area contributed by atoms with Crippen LogP contribution in [0.25, 0.3) is 0 Å². The lowest BCUT2D eigenvalue weighted by atomic mass is 9.66. The van der Waals surface area contributed by atoms with Gasteiger partial charge in [-0.15, -0.1) is 12.4 Å². The number of hydrogen-bond donors (Lipinski definition) is 1. The Labute approximate surface area is 186 Å². The van der Waals surface area contributed by atoms with Crippen molar-refractivity contribution in [2.75, 3.05) is 31.6 Å². The highest BCUT2D eigenvalue weighted by Crippen LogP contribution is 2.52. The van der Waals surface area contributed by atoms with Crippen LogP contribution in [0.4, 0.5) is 15.9 Å². The molecule has 1 aliphatic heterocycles. The van der Waals surface area contributed by atoms with Gasteiger partial charge in [0.25, 0.3) is 5.91 Å². The molecule has 5 nitrogen and oxygen atoms in total. The van der Waals surface area contributed by atoms with E-state index in [9.17, 15) is 9.18 Å². The third kappa shape index (κ3) is 3.77. The third-order valence-corrected chi connectivity index (χ3v) is 6.70. The Morgan fingerprint density at radius 2 is 1.80 bits per heavy atom. The van der Waals surface area contributed by atoms with Crippen LogP contribution >= 0.6 is 24.0 Å². The molecule has 1 saturated carbocycles. The van der Waals surface area contributed by atoms with Gasteiger partial charge in [0.2, 0.25) is 0 Å². The van der Waals surface area contributed by atoms with Crippen LogP contribution in [0.1, 0.15) is 59.0 Å². The fourth-order valence-electron chi connectivity index (χ4n) is 4.98. The lowest BCUT2D eigenvalue weighted by Crippen LogP contribution is -2.41. The Hall–Kier alpha value is -1.89. The topological polar surface area (TPSA) is 54.5 Å². The van der Waals surface area contributed by atoms with E-state index in [-0.39, 0.29) is 23.3 Å². The maximum atomic E-state index is 13.5. The molecule has 0 atom stereocenters. The lowest BCUT2D eigenvalue weighted by molar-refractivity contribution is 0.0301. The number of rotatable bonds is 3. The van der Waals surface area contributed by atoms with E-state index in [2.05, 4.69) is 10.3 Å². The second-order valence-electron chi connectivity index (χ2n) is 8.05. The summed E-state index contributed by atoms with van der Waals surface area (Å²) in [5.74, 6) is 1.17. The molecule has 6 rings (SSSR count). The maximum Gasteiger partial charge on any atom is 0.255 e. The first kappa shape index (κ1) is 21.3. The van der Waals surface area contributed by atoms with Gasteiger partial charge in [-0.2, -0.15) is 0 Å². The Morgan fingerprint density at radius 1 is 1.13 bits per heavy atom. The molecule has 2 heterocycles. The minimum atomic E-state index is -0.447. The number of hydrogen-bond acceptors (Lipinski definition) is 4. The first-order chi connectivity index (χ1) is 14.1. The third-order valence-electron chi connectivity index (χ3n) is 6.41. The van der Waals surface area contributed by atoms with E-state index in [1.165, 1.54) is 6.07 Å². The van der Waals surface area contributed by atoms with Gasteiger partial charge in [-0.05, 0) is 61.3 Å². The Balaban J connectivity index is 0.00000218. The summed E-state index contributed by atoms with van der Waals surface area (Å²) < 4.78 is 18.9. The molecule has 1 N–H and O–H groups in total. The monoisotopic (exact) mass is 451 g/mol. The van der Waals surface area contributed by atoms with Crippen LogP contribution in [0.5, 0.6) is 0 Å². The van der Waals surface area contributed by atoms with Gasteiger partial charge in [0.05, 0.1) is 23.8 Å². The minimum Gasteiger partial charge on any atom is -0.378 e. The van der Waals surface area contributed by atoms with Gasteiger partial charge in [0.15, 0.2) is 0 Å². The Kier molecular flexibility index (Phi) is 6.19. The number of aromatic nitrogens is 1. The van der Waals surface area contributed by atoms with E-state index in [1.807, 2.05) is 4.90 Å². The minimum absolute atomic E-state index is 0. The molecule has 0 radical (unpaired) electrons. The normalized spacial score (nSPS) is 22.3. The van der Waals surface area contributed by atoms with Crippen molar-refractivity contribution in [3.8, 4) is 0 Å². The average Bonchev–Trinajstić information content (AvgIpc) is 2.77. The number of amides is 1. The van der Waals surface area contributed by atoms with Gasteiger partial charge in [0.1, 0.15) is 11.6 Å². The summed E-state index contributed by atoms with van der Waals surface area (Å²) in [6, 6.07) is 4.57. The molecule has 4 aliphatic rings. The molecule has 1 amide bonds. The smallest absolute Gasteiger partial charge is 0.255 e. The fraction of sp³-hybridized carbons (Fsp3) is 0.455. The number of pyridine rings is 1. The molecule has 1 saturated heterocycles. The quantitative estimate of drug-likeness (QED) is 0.690. The number of halogens is 3. The van der Waals surface area contributed by atoms with Crippen molar-refractivity contribution in [3.63, 3.8) is 0 Å². The zero-order chi connectivity index (χ0) is 20.0. The molecule has 2 bridgehead atoms. The molecule has 160 valence electrons. The number of nitrogens with one attached hydrogen (secondary N) is 1. The van der Waals surface area contributed by atoms with E-state index >= 15 is 0 Å². The number of morpholine rings is 1. The van der Waals surface area contributed by atoms with Crippen molar-refractivity contribution in [3.05, 3.63) is 51.9 Å². The molecule has 1 aromatic heterocycles. The molecule has 3 aliphatic carbocycles. The van der Waals surface area contributed by atoms with Crippen molar-refractivity contribution >= 4 is 41.4 Å². The zero-order valence-corrected chi connectivity index (χ0v) is 18.1. The SMILES string of the molecule is Cl.O=C(c1cnc(Nc2ccc(F)c(Cl)c2)c2c1C1CCC2CC1)N1CCOCC1. The van der Waals surface area contributed by atoms with Crippen LogP contribution in [0.2, 0.25) is 5.02 Å². The summed E-state index contributed by atoms with van der Waals surface area (Å²) in [5.41, 5.74) is 3.75. The van der Waals surface area contributed by atoms with Gasteiger partial charge in [-0.25, -0.2) is 9.37 Å². The van der Waals surface area contributed by atoms with Gasteiger partial charge >= 0.3 is 0 Å². The van der Waals surface area contributed by atoms with Crippen LogP contribution in [0.3, 0.4) is 0 Å². The second-order valence-corrected chi connectivity index (χ2v) is 8.46. The van der Waals surface area contributed by atoms with Crippen molar-refractivity contribution < 1.29 is 13.9 Å². The molecule has 1 aromatic carbocycles. The zero-order valence-electron chi connectivity index (χ0n) is 16.5. The second kappa shape index (κ2) is 8.69. The van der Waals surface area contributed by atoms with Gasteiger partial charge in [-0.1, -0.05) is 11.6 Å². The first-order valence-corrected chi connectivity index (χ1v) is 10.6. The Bertz CT molecular complexity index is 958. The van der Waals surface area contributed by atoms with E-state index in [4.69, 9.17) is 16.3 Å². The summed E-state index contributed by atoms with van der Waals surface area (Å²) in [4.78, 5) is 19.8. The van der Waals surface area contributed by atoms with E-state index in [1.54, 1.807) is 18.3 Å². The lowest BCUT2D eigenvalue weighted by Gasteiger charge is -2.40. The van der Waals surface area contributed by atoms with Crippen LogP contribution in [-0.2, 0) is 4.74 Å². The summed E-state index contributed by atoms with van der Waals surface area (Å²) in [5, 5.41) is 3.40. The molecule has 8 heteroatoms. The summed E-state index contributed by atoms with van der Waals surface area (Å²) in [6.45, 7) is 2.41. The first-order valence-electron chi connectivity index (χ1n) is 10.2. The molecule has 30 heavy (non-hydrogen) atoms. The predicted molar refractivity (Wildman–Crippen MR) is 117 cm³/mol. The summed E-state index contributed by atoms with van der Waals surface area (Å²) in [7, 11) is 0. The molecular formula is C22H24Cl2FN3O2. The number of anilines is 2. The van der Waals surface area contributed by atoms with Gasteiger partial charge < -0.3 is 15.0 Å². The van der Waals surface area contributed by atoms with Crippen LogP contribution in [0.15, 0.2) is 24.4 Å². The summed E-state index contributed by atoms with van der Waals surface area (Å²) in [6.07, 6.45) is 6.19. The largest absolute Gasteiger partial charge is 0.378 e. The molecule has 2 aromatic rings. The highest BCUT2D eigenvalue weighted by Gasteiger charge is 2.39. The van der Waals surface area contributed by atoms with Crippen molar-refractivity contribution in [2.24, 2.45) is 0 Å². The van der Waals surface area contributed by atoms with E-state index < -0.39 is 5.82 Å². The van der Waals surface area contributed by atoms with Crippen LogP contribution < -0.4 is 5.32 Å². The van der Waals surface area contributed by atoms with E-state index in [0.29, 0.717) is 43.8 Å².